The number of pyridine rings is 1. The molecule has 0 radical (unpaired) electrons. The second-order valence-electron chi connectivity index (χ2n) is 8.65. The first-order valence-corrected chi connectivity index (χ1v) is 10.7. The van der Waals surface area contributed by atoms with E-state index in [-0.39, 0.29) is 11.7 Å². The quantitative estimate of drug-likeness (QED) is 0.707. The zero-order chi connectivity index (χ0) is 20.8. The van der Waals surface area contributed by atoms with Crippen LogP contribution in [0.2, 0.25) is 0 Å². The maximum absolute atomic E-state index is 13.6. The molecule has 1 N–H and O–H groups in total. The Morgan fingerprint density at radius 1 is 1.03 bits per heavy atom. The van der Waals surface area contributed by atoms with E-state index in [0.717, 1.165) is 52.1 Å². The van der Waals surface area contributed by atoms with Crippen LogP contribution in [0.1, 0.15) is 45.9 Å². The standard InChI is InChI=1S/C25H27N3O2/c1-16-12-17(2)24-21(13-16)22(15-23(26-24)18-6-7-18)25(30)28-10-8-27(9-11-28)19-4-3-5-20(29)14-19/h3-5,12-15,18,29H,6-11H2,1-2H3. The molecule has 5 rings (SSSR count). The maximum atomic E-state index is 13.6. The van der Waals surface area contributed by atoms with Crippen molar-refractivity contribution in [2.45, 2.75) is 32.6 Å². The lowest BCUT2D eigenvalue weighted by Crippen LogP contribution is -2.48. The smallest absolute Gasteiger partial charge is 0.254 e. The number of aryl methyl sites for hydroxylation is 2. The van der Waals surface area contributed by atoms with Crippen LogP contribution in [-0.4, -0.2) is 47.1 Å². The second kappa shape index (κ2) is 7.31. The number of carbonyl (C=O) groups is 1. The Morgan fingerprint density at radius 3 is 2.50 bits per heavy atom. The van der Waals surface area contributed by atoms with E-state index in [4.69, 9.17) is 4.98 Å². The molecule has 1 saturated carbocycles. The molecule has 0 unspecified atom stereocenters. The summed E-state index contributed by atoms with van der Waals surface area (Å²) in [5, 5.41) is 10.7. The van der Waals surface area contributed by atoms with E-state index in [1.54, 1.807) is 12.1 Å². The van der Waals surface area contributed by atoms with E-state index in [1.165, 1.54) is 12.8 Å². The van der Waals surface area contributed by atoms with Crippen LogP contribution in [0.15, 0.2) is 42.5 Å². The van der Waals surface area contributed by atoms with Gasteiger partial charge in [-0.2, -0.15) is 0 Å². The molecule has 3 aromatic rings. The summed E-state index contributed by atoms with van der Waals surface area (Å²) in [5.74, 6) is 0.877. The van der Waals surface area contributed by atoms with Crippen LogP contribution in [0.4, 0.5) is 5.69 Å². The largest absolute Gasteiger partial charge is 0.508 e. The van der Waals surface area contributed by atoms with Crippen molar-refractivity contribution in [2.75, 3.05) is 31.1 Å². The number of anilines is 1. The fourth-order valence-electron chi connectivity index (χ4n) is 4.49. The topological polar surface area (TPSA) is 56.7 Å². The average Bonchev–Trinajstić information content (AvgIpc) is 3.58. The van der Waals surface area contributed by atoms with Crippen LogP contribution in [0.25, 0.3) is 10.9 Å². The number of nitrogens with zero attached hydrogens (tertiary/aromatic N) is 3. The van der Waals surface area contributed by atoms with Gasteiger partial charge in [-0.05, 0) is 56.5 Å². The van der Waals surface area contributed by atoms with Crippen LogP contribution in [0.5, 0.6) is 5.75 Å². The van der Waals surface area contributed by atoms with E-state index in [9.17, 15) is 9.90 Å². The zero-order valence-electron chi connectivity index (χ0n) is 17.6. The van der Waals surface area contributed by atoms with Crippen molar-refractivity contribution in [3.05, 3.63) is 64.8 Å². The minimum absolute atomic E-state index is 0.102. The van der Waals surface area contributed by atoms with Crippen molar-refractivity contribution in [3.8, 4) is 5.75 Å². The highest BCUT2D eigenvalue weighted by atomic mass is 16.3. The summed E-state index contributed by atoms with van der Waals surface area (Å²) in [6.45, 7) is 7.01. The molecule has 2 fully saturated rings. The van der Waals surface area contributed by atoms with Crippen molar-refractivity contribution in [3.63, 3.8) is 0 Å². The summed E-state index contributed by atoms with van der Waals surface area (Å²) >= 11 is 0. The molecule has 2 heterocycles. The Balaban J connectivity index is 1.44. The molecule has 5 heteroatoms. The number of phenols is 1. The number of piperazine rings is 1. The van der Waals surface area contributed by atoms with Gasteiger partial charge in [0.2, 0.25) is 0 Å². The third-order valence-corrected chi connectivity index (χ3v) is 6.26. The summed E-state index contributed by atoms with van der Waals surface area (Å²) in [4.78, 5) is 22.7. The van der Waals surface area contributed by atoms with Gasteiger partial charge in [0.25, 0.3) is 5.91 Å². The van der Waals surface area contributed by atoms with Crippen molar-refractivity contribution in [1.29, 1.82) is 0 Å². The van der Waals surface area contributed by atoms with Gasteiger partial charge in [-0.1, -0.05) is 17.7 Å². The number of hydrogen-bond acceptors (Lipinski definition) is 4. The molecule has 5 nitrogen and oxygen atoms in total. The van der Waals surface area contributed by atoms with E-state index in [2.05, 4.69) is 30.9 Å². The van der Waals surface area contributed by atoms with Crippen LogP contribution >= 0.6 is 0 Å². The summed E-state index contributed by atoms with van der Waals surface area (Å²) in [5.41, 5.74) is 6.11. The maximum Gasteiger partial charge on any atom is 0.254 e. The normalized spacial score (nSPS) is 16.9. The Kier molecular flexibility index (Phi) is 4.61. The van der Waals surface area contributed by atoms with Gasteiger partial charge in [-0.15, -0.1) is 0 Å². The van der Waals surface area contributed by atoms with Gasteiger partial charge in [-0.25, -0.2) is 0 Å². The number of carbonyl (C=O) groups excluding carboxylic acids is 1. The van der Waals surface area contributed by atoms with Gasteiger partial charge in [0, 0.05) is 54.9 Å². The Bertz CT molecular complexity index is 1130. The third kappa shape index (κ3) is 3.49. The Hall–Kier alpha value is -3.08. The molecule has 0 spiro atoms. The molecule has 1 amide bonds. The van der Waals surface area contributed by atoms with Gasteiger partial charge in [-0.3, -0.25) is 9.78 Å². The van der Waals surface area contributed by atoms with Gasteiger partial charge >= 0.3 is 0 Å². The van der Waals surface area contributed by atoms with Crippen LogP contribution in [0.3, 0.4) is 0 Å². The molecule has 1 aliphatic carbocycles. The highest BCUT2D eigenvalue weighted by Crippen LogP contribution is 2.40. The fraction of sp³-hybridized carbons (Fsp3) is 0.360. The van der Waals surface area contributed by atoms with E-state index >= 15 is 0 Å². The number of benzene rings is 2. The molecule has 1 aromatic heterocycles. The minimum Gasteiger partial charge on any atom is -0.508 e. The molecule has 154 valence electrons. The molecule has 2 aliphatic rings. The fourth-order valence-corrected chi connectivity index (χ4v) is 4.49. The first-order valence-electron chi connectivity index (χ1n) is 10.7. The predicted molar refractivity (Wildman–Crippen MR) is 119 cm³/mol. The minimum atomic E-state index is 0.102. The van der Waals surface area contributed by atoms with Gasteiger partial charge in [0.05, 0.1) is 11.1 Å². The highest BCUT2D eigenvalue weighted by molar-refractivity contribution is 6.07. The monoisotopic (exact) mass is 401 g/mol. The zero-order valence-corrected chi connectivity index (χ0v) is 17.6. The highest BCUT2D eigenvalue weighted by Gasteiger charge is 2.29. The van der Waals surface area contributed by atoms with Crippen molar-refractivity contribution >= 4 is 22.5 Å². The van der Waals surface area contributed by atoms with Crippen LogP contribution in [-0.2, 0) is 0 Å². The van der Waals surface area contributed by atoms with E-state index in [1.807, 2.05) is 23.1 Å². The summed E-state index contributed by atoms with van der Waals surface area (Å²) in [6.07, 6.45) is 2.33. The summed E-state index contributed by atoms with van der Waals surface area (Å²) in [6, 6.07) is 13.6. The molecular weight excluding hydrogens is 374 g/mol. The van der Waals surface area contributed by atoms with E-state index < -0.39 is 0 Å². The Labute approximate surface area is 177 Å². The van der Waals surface area contributed by atoms with Crippen molar-refractivity contribution in [1.82, 2.24) is 9.88 Å². The van der Waals surface area contributed by atoms with Crippen molar-refractivity contribution in [2.24, 2.45) is 0 Å². The molecule has 0 bridgehead atoms. The van der Waals surface area contributed by atoms with Crippen LogP contribution < -0.4 is 4.90 Å². The average molecular weight is 402 g/mol. The van der Waals surface area contributed by atoms with Crippen molar-refractivity contribution < 1.29 is 9.90 Å². The SMILES string of the molecule is Cc1cc(C)c2nc(C3CC3)cc(C(=O)N3CCN(c4cccc(O)c4)CC3)c2c1. The first kappa shape index (κ1) is 18.9. The van der Waals surface area contributed by atoms with Gasteiger partial charge in [0.15, 0.2) is 0 Å². The number of amides is 1. The number of fused-ring (bicyclic) bond motifs is 1. The number of aromatic hydroxyl groups is 1. The van der Waals surface area contributed by atoms with Crippen LogP contribution in [0, 0.1) is 13.8 Å². The molecule has 1 aliphatic heterocycles. The molecule has 30 heavy (non-hydrogen) atoms. The van der Waals surface area contributed by atoms with E-state index in [0.29, 0.717) is 19.0 Å². The Morgan fingerprint density at radius 2 is 1.80 bits per heavy atom. The molecule has 2 aromatic carbocycles. The number of aromatic nitrogens is 1. The molecule has 1 saturated heterocycles. The lowest BCUT2D eigenvalue weighted by Gasteiger charge is -2.36. The third-order valence-electron chi connectivity index (χ3n) is 6.26. The summed E-state index contributed by atoms with van der Waals surface area (Å²) < 4.78 is 0. The number of hydrogen-bond donors (Lipinski definition) is 1. The van der Waals surface area contributed by atoms with Gasteiger partial charge < -0.3 is 14.9 Å². The number of phenolic OH excluding ortho intramolecular Hbond substituents is 1. The lowest BCUT2D eigenvalue weighted by atomic mass is 9.99. The summed E-state index contributed by atoms with van der Waals surface area (Å²) in [7, 11) is 0. The van der Waals surface area contributed by atoms with Gasteiger partial charge in [0.1, 0.15) is 5.75 Å². The molecular formula is C25H27N3O2. The number of rotatable bonds is 3. The molecule has 0 atom stereocenters. The second-order valence-corrected chi connectivity index (χ2v) is 8.65. The first-order chi connectivity index (χ1) is 14.5. The predicted octanol–water partition coefficient (Wildman–Crippen LogP) is 4.40. The lowest BCUT2D eigenvalue weighted by molar-refractivity contribution is 0.0748.